The van der Waals surface area contributed by atoms with Crippen LogP contribution in [0.3, 0.4) is 0 Å². The van der Waals surface area contributed by atoms with E-state index in [2.05, 4.69) is 18.7 Å². The zero-order valence-corrected chi connectivity index (χ0v) is 12.2. The minimum absolute atomic E-state index is 0.205. The van der Waals surface area contributed by atoms with E-state index in [1.54, 1.807) is 4.90 Å². The highest BCUT2D eigenvalue weighted by Crippen LogP contribution is 2.41. The van der Waals surface area contributed by atoms with Crippen molar-refractivity contribution in [3.8, 4) is 0 Å². The van der Waals surface area contributed by atoms with Crippen LogP contribution in [0.1, 0.15) is 26.7 Å². The van der Waals surface area contributed by atoms with E-state index in [1.807, 2.05) is 0 Å². The van der Waals surface area contributed by atoms with Crippen LogP contribution in [0, 0.1) is 5.41 Å². The number of carbonyl (C=O) groups is 1. The normalized spacial score (nSPS) is 28.4. The number of alkyl halides is 2. The average Bonchev–Trinajstić information content (AvgIpc) is 2.32. The molecule has 0 saturated carbocycles. The van der Waals surface area contributed by atoms with Crippen molar-refractivity contribution in [3.05, 3.63) is 0 Å². The molecule has 0 radical (unpaired) electrons. The fourth-order valence-electron chi connectivity index (χ4n) is 3.69. The van der Waals surface area contributed by atoms with Crippen LogP contribution in [0.15, 0.2) is 0 Å². The number of halogens is 2. The van der Waals surface area contributed by atoms with E-state index in [0.717, 1.165) is 32.6 Å². The monoisotopic (exact) mass is 287 g/mol. The highest BCUT2D eigenvalue weighted by molar-refractivity contribution is 5.76. The third-order valence-corrected chi connectivity index (χ3v) is 4.86. The average molecular weight is 287 g/mol. The fraction of sp³-hybridized carbons (Fsp3) is 0.929. The Balaban J connectivity index is 1.52. The molecule has 0 aromatic rings. The number of urea groups is 1. The Bertz CT molecular complexity index is 399. The molecule has 20 heavy (non-hydrogen) atoms. The minimum atomic E-state index is -2.67. The van der Waals surface area contributed by atoms with Crippen molar-refractivity contribution in [2.75, 3.05) is 39.3 Å². The predicted molar refractivity (Wildman–Crippen MR) is 71.9 cm³/mol. The zero-order chi connectivity index (χ0) is 14.5. The highest BCUT2D eigenvalue weighted by Gasteiger charge is 2.52. The van der Waals surface area contributed by atoms with E-state index in [9.17, 15) is 13.6 Å². The van der Waals surface area contributed by atoms with Gasteiger partial charge in [-0.25, -0.2) is 13.6 Å². The highest BCUT2D eigenvalue weighted by atomic mass is 19.3. The van der Waals surface area contributed by atoms with E-state index in [1.165, 1.54) is 11.3 Å². The van der Waals surface area contributed by atoms with Gasteiger partial charge in [-0.2, -0.15) is 0 Å². The van der Waals surface area contributed by atoms with Gasteiger partial charge >= 0.3 is 6.03 Å². The van der Waals surface area contributed by atoms with E-state index in [-0.39, 0.29) is 11.4 Å². The Kier molecular flexibility index (Phi) is 3.19. The molecule has 0 unspecified atom stereocenters. The van der Waals surface area contributed by atoms with Gasteiger partial charge in [0.25, 0.3) is 5.92 Å². The molecule has 1 spiro atoms. The molecular formula is C14H23F2N3O. The van der Waals surface area contributed by atoms with Gasteiger partial charge in [0.15, 0.2) is 0 Å². The van der Waals surface area contributed by atoms with Crippen LogP contribution in [0.25, 0.3) is 0 Å². The van der Waals surface area contributed by atoms with E-state index < -0.39 is 19.0 Å². The van der Waals surface area contributed by atoms with E-state index in [4.69, 9.17) is 0 Å². The van der Waals surface area contributed by atoms with Crippen LogP contribution in [0.5, 0.6) is 0 Å². The number of amides is 2. The maximum absolute atomic E-state index is 12.8. The summed E-state index contributed by atoms with van der Waals surface area (Å²) in [6.45, 7) is 7.21. The van der Waals surface area contributed by atoms with E-state index >= 15 is 0 Å². The number of hydrogen-bond acceptors (Lipinski definition) is 2. The standard InChI is InChI=1S/C14H23F2N3O/c1-11(2)17-5-3-4-13(6-17)7-18(8-13)12(20)19-9-14(15,16)10-19/h11H,3-10H2,1-2H3. The van der Waals surface area contributed by atoms with Gasteiger partial charge in [-0.1, -0.05) is 0 Å². The first kappa shape index (κ1) is 14.0. The van der Waals surface area contributed by atoms with Gasteiger partial charge in [0, 0.05) is 31.1 Å². The number of hydrogen-bond donors (Lipinski definition) is 0. The molecule has 3 aliphatic heterocycles. The number of likely N-dealkylation sites (tertiary alicyclic amines) is 3. The maximum atomic E-state index is 12.8. The largest absolute Gasteiger partial charge is 0.323 e. The summed E-state index contributed by atoms with van der Waals surface area (Å²) < 4.78 is 25.6. The third-order valence-electron chi connectivity index (χ3n) is 4.86. The summed E-state index contributed by atoms with van der Waals surface area (Å²) in [6, 6.07) is 0.328. The lowest BCUT2D eigenvalue weighted by Crippen LogP contribution is -2.70. The van der Waals surface area contributed by atoms with Crippen molar-refractivity contribution in [1.82, 2.24) is 14.7 Å². The molecule has 3 rings (SSSR count). The van der Waals surface area contributed by atoms with Gasteiger partial charge < -0.3 is 14.7 Å². The van der Waals surface area contributed by atoms with Crippen LogP contribution < -0.4 is 0 Å². The van der Waals surface area contributed by atoms with Crippen LogP contribution in [-0.4, -0.2) is 72.0 Å². The van der Waals surface area contributed by atoms with Crippen LogP contribution >= 0.6 is 0 Å². The summed E-state index contributed by atoms with van der Waals surface area (Å²) in [5.41, 5.74) is 0.214. The molecule has 4 nitrogen and oxygen atoms in total. The zero-order valence-electron chi connectivity index (χ0n) is 12.2. The van der Waals surface area contributed by atoms with E-state index in [0.29, 0.717) is 6.04 Å². The minimum Gasteiger partial charge on any atom is -0.323 e. The van der Waals surface area contributed by atoms with Gasteiger partial charge in [-0.15, -0.1) is 0 Å². The molecule has 3 heterocycles. The summed E-state index contributed by atoms with van der Waals surface area (Å²) in [5.74, 6) is -2.67. The molecule has 0 N–H and O–H groups in total. The first-order valence-electron chi connectivity index (χ1n) is 7.46. The molecule has 0 aliphatic carbocycles. The summed E-state index contributed by atoms with van der Waals surface area (Å²) in [5, 5.41) is 0. The van der Waals surface area contributed by atoms with Crippen molar-refractivity contribution < 1.29 is 13.6 Å². The van der Waals surface area contributed by atoms with Crippen LogP contribution in [0.2, 0.25) is 0 Å². The lowest BCUT2D eigenvalue weighted by molar-refractivity contribution is -0.123. The SMILES string of the molecule is CC(C)N1CCCC2(CN(C(=O)N3CC(F)(F)C3)C2)C1. The van der Waals surface area contributed by atoms with Crippen molar-refractivity contribution in [2.24, 2.45) is 5.41 Å². The molecule has 0 aromatic carbocycles. The summed E-state index contributed by atoms with van der Waals surface area (Å²) >= 11 is 0. The summed E-state index contributed by atoms with van der Waals surface area (Å²) in [7, 11) is 0. The van der Waals surface area contributed by atoms with Gasteiger partial charge in [0.2, 0.25) is 0 Å². The molecule has 3 saturated heterocycles. The third kappa shape index (κ3) is 2.38. The van der Waals surface area contributed by atoms with Crippen LogP contribution in [-0.2, 0) is 0 Å². The van der Waals surface area contributed by atoms with Crippen molar-refractivity contribution in [3.63, 3.8) is 0 Å². The Hall–Kier alpha value is -0.910. The molecule has 0 aromatic heterocycles. The molecule has 0 bridgehead atoms. The molecule has 6 heteroatoms. The van der Waals surface area contributed by atoms with Crippen molar-refractivity contribution >= 4 is 6.03 Å². The van der Waals surface area contributed by atoms with Crippen molar-refractivity contribution in [2.45, 2.75) is 38.7 Å². The second-order valence-electron chi connectivity index (χ2n) is 7.02. The summed E-state index contributed by atoms with van der Waals surface area (Å²) in [6.07, 6.45) is 2.32. The Morgan fingerprint density at radius 1 is 1.05 bits per heavy atom. The molecular weight excluding hydrogens is 264 g/mol. The van der Waals surface area contributed by atoms with Crippen LogP contribution in [0.4, 0.5) is 13.6 Å². The Labute approximate surface area is 118 Å². The Morgan fingerprint density at radius 2 is 1.65 bits per heavy atom. The molecule has 3 fully saturated rings. The quantitative estimate of drug-likeness (QED) is 0.736. The predicted octanol–water partition coefficient (Wildman–Crippen LogP) is 1.86. The fourth-order valence-corrected chi connectivity index (χ4v) is 3.69. The first-order chi connectivity index (χ1) is 9.30. The first-order valence-corrected chi connectivity index (χ1v) is 7.46. The molecule has 3 aliphatic rings. The van der Waals surface area contributed by atoms with Gasteiger partial charge in [-0.05, 0) is 33.2 Å². The van der Waals surface area contributed by atoms with Gasteiger partial charge in [0.1, 0.15) is 0 Å². The molecule has 114 valence electrons. The smallest absolute Gasteiger partial charge is 0.320 e. The van der Waals surface area contributed by atoms with Crippen molar-refractivity contribution in [1.29, 1.82) is 0 Å². The number of piperidine rings is 1. The maximum Gasteiger partial charge on any atom is 0.320 e. The number of rotatable bonds is 1. The number of carbonyl (C=O) groups excluding carboxylic acids is 1. The second kappa shape index (κ2) is 4.55. The lowest BCUT2D eigenvalue weighted by Gasteiger charge is -2.56. The molecule has 0 atom stereocenters. The topological polar surface area (TPSA) is 26.8 Å². The number of nitrogens with zero attached hydrogens (tertiary/aromatic N) is 3. The van der Waals surface area contributed by atoms with Gasteiger partial charge in [-0.3, -0.25) is 0 Å². The van der Waals surface area contributed by atoms with Gasteiger partial charge in [0.05, 0.1) is 13.1 Å². The molecule has 2 amide bonds. The second-order valence-corrected chi connectivity index (χ2v) is 7.02. The lowest BCUT2D eigenvalue weighted by atomic mass is 9.73. The Morgan fingerprint density at radius 3 is 2.20 bits per heavy atom. The summed E-state index contributed by atoms with van der Waals surface area (Å²) in [4.78, 5) is 17.5.